The molecule has 0 radical (unpaired) electrons. The first-order valence-corrected chi connectivity index (χ1v) is 9.64. The molecule has 28 heavy (non-hydrogen) atoms. The van der Waals surface area contributed by atoms with Crippen molar-refractivity contribution in [3.05, 3.63) is 76.5 Å². The number of ether oxygens (including phenoxy) is 1. The largest absolute Gasteiger partial charge is 0.370 e. The molecule has 6 heteroatoms. The monoisotopic (exact) mass is 396 g/mol. The number of amides is 1. The zero-order valence-corrected chi connectivity index (χ0v) is 16.5. The normalized spacial score (nSPS) is 19.6. The summed E-state index contributed by atoms with van der Waals surface area (Å²) in [6, 6.07) is 17.2. The maximum atomic E-state index is 13.5. The predicted octanol–water partition coefficient (Wildman–Crippen LogP) is 4.91. The molecule has 1 aliphatic heterocycles. The highest BCUT2D eigenvalue weighted by Crippen LogP contribution is 2.34. The van der Waals surface area contributed by atoms with Crippen molar-refractivity contribution in [3.8, 4) is 11.3 Å². The van der Waals surface area contributed by atoms with Crippen molar-refractivity contribution in [2.75, 3.05) is 13.2 Å². The summed E-state index contributed by atoms with van der Waals surface area (Å²) in [4.78, 5) is 15.3. The van der Waals surface area contributed by atoms with Gasteiger partial charge in [0.2, 0.25) is 0 Å². The average Bonchev–Trinajstić information content (AvgIpc) is 3.10. The van der Waals surface area contributed by atoms with Crippen LogP contribution in [0, 0.1) is 6.92 Å². The number of hydrogen-bond acceptors (Lipinski definition) is 4. The van der Waals surface area contributed by atoms with Crippen LogP contribution >= 0.6 is 11.6 Å². The summed E-state index contributed by atoms with van der Waals surface area (Å²) in [5.74, 6) is 0.361. The minimum absolute atomic E-state index is 0.120. The van der Waals surface area contributed by atoms with Crippen LogP contribution in [0.3, 0.4) is 0 Å². The Labute approximate surface area is 168 Å². The van der Waals surface area contributed by atoms with E-state index in [1.54, 1.807) is 13.0 Å². The second-order valence-electron chi connectivity index (χ2n) is 6.88. The lowest BCUT2D eigenvalue weighted by Crippen LogP contribution is -2.48. The van der Waals surface area contributed by atoms with E-state index in [4.69, 9.17) is 20.9 Å². The van der Waals surface area contributed by atoms with E-state index >= 15 is 0 Å². The molecule has 2 heterocycles. The third kappa shape index (κ3) is 3.32. The van der Waals surface area contributed by atoms with Crippen LogP contribution < -0.4 is 0 Å². The zero-order chi connectivity index (χ0) is 19.7. The molecule has 0 N–H and O–H groups in total. The number of rotatable bonds is 3. The van der Waals surface area contributed by atoms with Gasteiger partial charge in [-0.1, -0.05) is 65.3 Å². The zero-order valence-electron chi connectivity index (χ0n) is 15.8. The topological polar surface area (TPSA) is 55.6 Å². The van der Waals surface area contributed by atoms with Gasteiger partial charge < -0.3 is 14.2 Å². The molecule has 1 amide bonds. The average molecular weight is 397 g/mol. The highest BCUT2D eigenvalue weighted by molar-refractivity contribution is 6.33. The van der Waals surface area contributed by atoms with Gasteiger partial charge in [-0.25, -0.2) is 0 Å². The van der Waals surface area contributed by atoms with E-state index in [0.29, 0.717) is 40.8 Å². The van der Waals surface area contributed by atoms with Gasteiger partial charge in [0, 0.05) is 12.1 Å². The Morgan fingerprint density at radius 1 is 1.14 bits per heavy atom. The minimum atomic E-state index is -0.178. The molecule has 0 bridgehead atoms. The van der Waals surface area contributed by atoms with Crippen molar-refractivity contribution in [2.24, 2.45) is 0 Å². The van der Waals surface area contributed by atoms with E-state index in [-0.39, 0.29) is 18.1 Å². The second-order valence-corrected chi connectivity index (χ2v) is 7.29. The first-order chi connectivity index (χ1) is 13.6. The Hall–Kier alpha value is -2.63. The van der Waals surface area contributed by atoms with Crippen LogP contribution in [0.25, 0.3) is 11.3 Å². The number of aryl methyl sites for hydroxylation is 1. The van der Waals surface area contributed by atoms with Crippen LogP contribution in [-0.4, -0.2) is 35.2 Å². The van der Waals surface area contributed by atoms with E-state index in [1.807, 2.05) is 60.4 Å². The summed E-state index contributed by atoms with van der Waals surface area (Å²) < 4.78 is 11.4. The van der Waals surface area contributed by atoms with Gasteiger partial charge in [0.25, 0.3) is 5.91 Å². The van der Waals surface area contributed by atoms with E-state index in [9.17, 15) is 4.79 Å². The maximum absolute atomic E-state index is 13.5. The lowest BCUT2D eigenvalue weighted by Gasteiger charge is -2.39. The van der Waals surface area contributed by atoms with Crippen molar-refractivity contribution in [1.82, 2.24) is 10.1 Å². The molecular formula is C22H21ClN2O3. The molecule has 1 saturated heterocycles. The smallest absolute Gasteiger partial charge is 0.260 e. The van der Waals surface area contributed by atoms with Crippen molar-refractivity contribution in [1.29, 1.82) is 0 Å². The van der Waals surface area contributed by atoms with Gasteiger partial charge in [0.1, 0.15) is 23.1 Å². The number of carbonyl (C=O) groups is 1. The molecule has 1 aromatic heterocycles. The Bertz CT molecular complexity index is 986. The van der Waals surface area contributed by atoms with Gasteiger partial charge in [-0.15, -0.1) is 0 Å². The highest BCUT2D eigenvalue weighted by atomic mass is 35.5. The van der Waals surface area contributed by atoms with E-state index in [2.05, 4.69) is 5.16 Å². The molecule has 1 fully saturated rings. The molecule has 0 aliphatic carbocycles. The van der Waals surface area contributed by atoms with Gasteiger partial charge in [0.05, 0.1) is 17.7 Å². The summed E-state index contributed by atoms with van der Waals surface area (Å²) in [5.41, 5.74) is 2.67. The van der Waals surface area contributed by atoms with Crippen molar-refractivity contribution >= 4 is 17.5 Å². The standard InChI is InChI=1S/C22H21ClN2O3/c1-14-21(16-8-4-3-5-9-16)27-13-12-25(14)22(26)19-15(2)28-24-20(19)17-10-6-7-11-18(17)23/h3-11,14,21H,12-13H2,1-2H3/t14-,21-/m1/s1. The van der Waals surface area contributed by atoms with Crippen LogP contribution in [0.1, 0.15) is 34.7 Å². The fourth-order valence-corrected chi connectivity index (χ4v) is 3.92. The number of halogens is 1. The lowest BCUT2D eigenvalue weighted by atomic mass is 9.98. The van der Waals surface area contributed by atoms with Crippen LogP contribution in [0.15, 0.2) is 59.1 Å². The third-order valence-electron chi connectivity index (χ3n) is 5.15. The van der Waals surface area contributed by atoms with Gasteiger partial charge >= 0.3 is 0 Å². The first kappa shape index (κ1) is 18.7. The van der Waals surface area contributed by atoms with Gasteiger partial charge in [-0.05, 0) is 25.5 Å². The van der Waals surface area contributed by atoms with E-state index in [0.717, 1.165) is 5.56 Å². The fourth-order valence-electron chi connectivity index (χ4n) is 3.69. The summed E-state index contributed by atoms with van der Waals surface area (Å²) in [7, 11) is 0. The third-order valence-corrected chi connectivity index (χ3v) is 5.48. The number of hydrogen-bond donors (Lipinski definition) is 0. The Kier molecular flexibility index (Phi) is 5.20. The Morgan fingerprint density at radius 2 is 1.86 bits per heavy atom. The van der Waals surface area contributed by atoms with Gasteiger partial charge in [-0.3, -0.25) is 4.79 Å². The van der Waals surface area contributed by atoms with Crippen molar-refractivity contribution in [2.45, 2.75) is 26.0 Å². The minimum Gasteiger partial charge on any atom is -0.370 e. The summed E-state index contributed by atoms with van der Waals surface area (Å²) in [6.07, 6.45) is -0.178. The second kappa shape index (κ2) is 7.78. The molecule has 0 saturated carbocycles. The number of carbonyl (C=O) groups excluding carboxylic acids is 1. The molecule has 2 atom stereocenters. The molecule has 4 rings (SSSR count). The molecule has 0 spiro atoms. The van der Waals surface area contributed by atoms with Crippen molar-refractivity contribution in [3.63, 3.8) is 0 Å². The number of benzene rings is 2. The molecule has 144 valence electrons. The molecule has 3 aromatic rings. The van der Waals surface area contributed by atoms with E-state index < -0.39 is 0 Å². The quantitative estimate of drug-likeness (QED) is 0.631. The highest BCUT2D eigenvalue weighted by Gasteiger charge is 2.36. The van der Waals surface area contributed by atoms with Crippen molar-refractivity contribution < 1.29 is 14.1 Å². The maximum Gasteiger partial charge on any atom is 0.260 e. The number of morpholine rings is 1. The first-order valence-electron chi connectivity index (χ1n) is 9.26. The fraction of sp³-hybridized carbons (Fsp3) is 0.273. The molecule has 5 nitrogen and oxygen atoms in total. The lowest BCUT2D eigenvalue weighted by molar-refractivity contribution is -0.0551. The molecule has 0 unspecified atom stereocenters. The van der Waals surface area contributed by atoms with Crippen LogP contribution in [0.2, 0.25) is 5.02 Å². The van der Waals surface area contributed by atoms with Crippen LogP contribution in [-0.2, 0) is 4.74 Å². The van der Waals surface area contributed by atoms with Crippen LogP contribution in [0.4, 0.5) is 0 Å². The van der Waals surface area contributed by atoms with Crippen LogP contribution in [0.5, 0.6) is 0 Å². The Balaban J connectivity index is 1.68. The SMILES string of the molecule is Cc1onc(-c2ccccc2Cl)c1C(=O)N1CCO[C@@H](c2ccccc2)[C@H]1C. The number of nitrogens with zero attached hydrogens (tertiary/aromatic N) is 2. The molecule has 1 aliphatic rings. The van der Waals surface area contributed by atoms with Gasteiger partial charge in [-0.2, -0.15) is 0 Å². The predicted molar refractivity (Wildman–Crippen MR) is 107 cm³/mol. The van der Waals surface area contributed by atoms with Gasteiger partial charge in [0.15, 0.2) is 0 Å². The summed E-state index contributed by atoms with van der Waals surface area (Å²) in [5, 5.41) is 4.66. The Morgan fingerprint density at radius 3 is 2.61 bits per heavy atom. The summed E-state index contributed by atoms with van der Waals surface area (Å²) in [6.45, 7) is 4.74. The van der Waals surface area contributed by atoms with E-state index in [1.165, 1.54) is 0 Å². The molecule has 2 aromatic carbocycles. The molecular weight excluding hydrogens is 376 g/mol. The summed E-state index contributed by atoms with van der Waals surface area (Å²) >= 11 is 6.34. The number of aromatic nitrogens is 1.